The number of hydrogen-bond acceptors (Lipinski definition) is 6. The molecule has 0 radical (unpaired) electrons. The van der Waals surface area contributed by atoms with Gasteiger partial charge in [0.05, 0.1) is 9.83 Å². The molecule has 2 aromatic rings. The van der Waals surface area contributed by atoms with Crippen LogP contribution in [0.3, 0.4) is 0 Å². The lowest BCUT2D eigenvalue weighted by molar-refractivity contribution is -0.384. The Kier molecular flexibility index (Phi) is 5.00. The average Bonchev–Trinajstić information content (AvgIpc) is 3.16. The number of carbonyl (C=O) groups excluding carboxylic acids is 1. The van der Waals surface area contributed by atoms with E-state index in [4.69, 9.17) is 16.6 Å². The standard InChI is InChI=1S/C17H14N2O4S2/c1-2-8-18-16(20)15(25-17(18)24)10-13-6-7-14(23-13)11-4-3-5-12(9-11)19(21)22/h3-7,9-10H,2,8H2,1H3/b15-10-. The fraction of sp³-hybridized carbons (Fsp3) is 0.176. The Labute approximate surface area is 153 Å². The number of rotatable bonds is 5. The Hall–Kier alpha value is -2.45. The highest BCUT2D eigenvalue weighted by molar-refractivity contribution is 8.26. The van der Waals surface area contributed by atoms with Gasteiger partial charge in [0.1, 0.15) is 15.8 Å². The Bertz CT molecular complexity index is 888. The van der Waals surface area contributed by atoms with E-state index < -0.39 is 4.92 Å². The third-order valence-electron chi connectivity index (χ3n) is 3.56. The molecule has 25 heavy (non-hydrogen) atoms. The van der Waals surface area contributed by atoms with Crippen LogP contribution in [0, 0.1) is 10.1 Å². The van der Waals surface area contributed by atoms with Crippen LogP contribution < -0.4 is 0 Å². The zero-order chi connectivity index (χ0) is 18.0. The summed E-state index contributed by atoms with van der Waals surface area (Å²) in [6.45, 7) is 2.58. The van der Waals surface area contributed by atoms with E-state index in [0.29, 0.717) is 32.9 Å². The fourth-order valence-corrected chi connectivity index (χ4v) is 3.69. The fourth-order valence-electron chi connectivity index (χ4n) is 2.40. The summed E-state index contributed by atoms with van der Waals surface area (Å²) in [5.41, 5.74) is 0.600. The van der Waals surface area contributed by atoms with Crippen LogP contribution in [-0.2, 0) is 4.79 Å². The highest BCUT2D eigenvalue weighted by Crippen LogP contribution is 2.34. The highest BCUT2D eigenvalue weighted by Gasteiger charge is 2.31. The molecule has 0 atom stereocenters. The molecule has 0 N–H and O–H groups in total. The Morgan fingerprint density at radius 2 is 2.16 bits per heavy atom. The van der Waals surface area contributed by atoms with Crippen molar-refractivity contribution in [3.63, 3.8) is 0 Å². The highest BCUT2D eigenvalue weighted by atomic mass is 32.2. The van der Waals surface area contributed by atoms with Gasteiger partial charge in [0.25, 0.3) is 11.6 Å². The van der Waals surface area contributed by atoms with Crippen molar-refractivity contribution in [1.29, 1.82) is 0 Å². The van der Waals surface area contributed by atoms with Gasteiger partial charge in [-0.25, -0.2) is 0 Å². The van der Waals surface area contributed by atoms with Gasteiger partial charge in [-0.1, -0.05) is 43.0 Å². The van der Waals surface area contributed by atoms with Gasteiger partial charge < -0.3 is 4.42 Å². The summed E-state index contributed by atoms with van der Waals surface area (Å²) in [7, 11) is 0. The first-order chi connectivity index (χ1) is 12.0. The van der Waals surface area contributed by atoms with Gasteiger partial charge in [0.15, 0.2) is 0 Å². The third kappa shape index (κ3) is 3.64. The van der Waals surface area contributed by atoms with E-state index >= 15 is 0 Å². The van der Waals surface area contributed by atoms with Crippen molar-refractivity contribution < 1.29 is 14.1 Å². The molecule has 0 saturated carbocycles. The number of thioether (sulfide) groups is 1. The van der Waals surface area contributed by atoms with E-state index in [2.05, 4.69) is 0 Å². The smallest absolute Gasteiger partial charge is 0.270 e. The summed E-state index contributed by atoms with van der Waals surface area (Å²) in [6, 6.07) is 9.65. The van der Waals surface area contributed by atoms with Crippen LogP contribution in [0.4, 0.5) is 5.69 Å². The second-order valence-electron chi connectivity index (χ2n) is 5.34. The first-order valence-electron chi connectivity index (χ1n) is 7.59. The molecule has 3 rings (SSSR count). The lowest BCUT2D eigenvalue weighted by Crippen LogP contribution is -2.28. The second-order valence-corrected chi connectivity index (χ2v) is 7.02. The molecule has 1 aromatic heterocycles. The lowest BCUT2D eigenvalue weighted by Gasteiger charge is -2.11. The average molecular weight is 374 g/mol. The number of hydrogen-bond donors (Lipinski definition) is 0. The maximum Gasteiger partial charge on any atom is 0.270 e. The van der Waals surface area contributed by atoms with Crippen molar-refractivity contribution in [2.45, 2.75) is 13.3 Å². The number of carbonyl (C=O) groups is 1. The van der Waals surface area contributed by atoms with E-state index in [-0.39, 0.29) is 11.6 Å². The van der Waals surface area contributed by atoms with E-state index in [1.54, 1.807) is 35.2 Å². The molecule has 1 aliphatic heterocycles. The van der Waals surface area contributed by atoms with Crippen molar-refractivity contribution >= 4 is 46.0 Å². The van der Waals surface area contributed by atoms with Crippen LogP contribution in [0.2, 0.25) is 0 Å². The summed E-state index contributed by atoms with van der Waals surface area (Å²) in [4.78, 5) is 24.9. The van der Waals surface area contributed by atoms with Gasteiger partial charge in [0, 0.05) is 30.3 Å². The molecular weight excluding hydrogens is 360 g/mol. The summed E-state index contributed by atoms with van der Waals surface area (Å²) < 4.78 is 6.26. The zero-order valence-corrected chi connectivity index (χ0v) is 14.9. The molecule has 1 aromatic carbocycles. The van der Waals surface area contributed by atoms with Crippen LogP contribution in [0.1, 0.15) is 19.1 Å². The van der Waals surface area contributed by atoms with Gasteiger partial charge in [-0.15, -0.1) is 0 Å². The van der Waals surface area contributed by atoms with E-state index in [0.717, 1.165) is 6.42 Å². The minimum absolute atomic E-state index is 0.00381. The summed E-state index contributed by atoms with van der Waals surface area (Å²) in [6.07, 6.45) is 2.48. The van der Waals surface area contributed by atoms with Crippen LogP contribution in [0.15, 0.2) is 45.7 Å². The number of nitrogens with zero attached hydrogens (tertiary/aromatic N) is 2. The quantitative estimate of drug-likeness (QED) is 0.333. The van der Waals surface area contributed by atoms with Gasteiger partial charge >= 0.3 is 0 Å². The number of amides is 1. The van der Waals surface area contributed by atoms with Crippen LogP contribution >= 0.6 is 24.0 Å². The zero-order valence-electron chi connectivity index (χ0n) is 13.3. The second kappa shape index (κ2) is 7.20. The molecular formula is C17H14N2O4S2. The molecule has 6 nitrogen and oxygen atoms in total. The summed E-state index contributed by atoms with van der Waals surface area (Å²) >= 11 is 6.48. The molecule has 1 fully saturated rings. The number of benzene rings is 1. The van der Waals surface area contributed by atoms with Crippen molar-refractivity contribution in [3.8, 4) is 11.3 Å². The van der Waals surface area contributed by atoms with Gasteiger partial charge in [-0.2, -0.15) is 0 Å². The SMILES string of the molecule is CCCN1C(=O)/C(=C/c2ccc(-c3cccc([N+](=O)[O-])c3)o2)SC1=S. The maximum absolute atomic E-state index is 12.3. The summed E-state index contributed by atoms with van der Waals surface area (Å²) in [5, 5.41) is 10.9. The van der Waals surface area contributed by atoms with E-state index in [1.165, 1.54) is 23.9 Å². The van der Waals surface area contributed by atoms with E-state index in [1.807, 2.05) is 6.92 Å². The summed E-state index contributed by atoms with van der Waals surface area (Å²) in [5.74, 6) is 0.877. The Balaban J connectivity index is 1.85. The van der Waals surface area contributed by atoms with Gasteiger partial charge in [0.2, 0.25) is 0 Å². The molecule has 1 amide bonds. The van der Waals surface area contributed by atoms with E-state index in [9.17, 15) is 14.9 Å². The van der Waals surface area contributed by atoms with Crippen LogP contribution in [0.25, 0.3) is 17.4 Å². The maximum atomic E-state index is 12.3. The number of thiocarbonyl (C=S) groups is 1. The molecule has 128 valence electrons. The van der Waals surface area contributed by atoms with Crippen LogP contribution in [-0.4, -0.2) is 26.6 Å². The first-order valence-corrected chi connectivity index (χ1v) is 8.82. The first kappa shape index (κ1) is 17.4. The molecule has 0 aliphatic carbocycles. The molecule has 8 heteroatoms. The Morgan fingerprint density at radius 1 is 1.36 bits per heavy atom. The minimum Gasteiger partial charge on any atom is -0.457 e. The number of non-ortho nitro benzene ring substituents is 1. The molecule has 1 aliphatic rings. The Morgan fingerprint density at radius 3 is 2.88 bits per heavy atom. The molecule has 0 unspecified atom stereocenters. The normalized spacial score (nSPS) is 16.0. The largest absolute Gasteiger partial charge is 0.457 e. The number of furan rings is 1. The van der Waals surface area contributed by atoms with Crippen molar-refractivity contribution in [2.75, 3.05) is 6.54 Å². The predicted molar refractivity (Wildman–Crippen MR) is 101 cm³/mol. The molecule has 1 saturated heterocycles. The third-order valence-corrected chi connectivity index (χ3v) is 4.94. The van der Waals surface area contributed by atoms with Crippen LogP contribution in [0.5, 0.6) is 0 Å². The predicted octanol–water partition coefficient (Wildman–Crippen LogP) is 4.47. The van der Waals surface area contributed by atoms with Crippen molar-refractivity contribution in [1.82, 2.24) is 4.90 Å². The number of nitro groups is 1. The topological polar surface area (TPSA) is 76.6 Å². The molecule has 0 spiro atoms. The van der Waals surface area contributed by atoms with Crippen molar-refractivity contribution in [3.05, 3.63) is 57.2 Å². The molecule has 0 bridgehead atoms. The van der Waals surface area contributed by atoms with Gasteiger partial charge in [-0.05, 0) is 18.6 Å². The number of nitro benzene ring substituents is 1. The van der Waals surface area contributed by atoms with Gasteiger partial charge in [-0.3, -0.25) is 19.8 Å². The monoisotopic (exact) mass is 374 g/mol. The minimum atomic E-state index is -0.452. The lowest BCUT2D eigenvalue weighted by atomic mass is 10.1. The molecule has 2 heterocycles. The van der Waals surface area contributed by atoms with Crippen molar-refractivity contribution in [2.24, 2.45) is 0 Å².